The zero-order valence-electron chi connectivity index (χ0n) is 9.75. The minimum atomic E-state index is -0.243. The van der Waals surface area contributed by atoms with Crippen LogP contribution in [0.3, 0.4) is 0 Å². The molecule has 0 N–H and O–H groups in total. The summed E-state index contributed by atoms with van der Waals surface area (Å²) in [4.78, 5) is 11.2. The second-order valence-electron chi connectivity index (χ2n) is 4.22. The molecule has 1 aromatic carbocycles. The first-order chi connectivity index (χ1) is 7.70. The molecule has 0 saturated carbocycles. The van der Waals surface area contributed by atoms with Gasteiger partial charge in [0.15, 0.2) is 0 Å². The van der Waals surface area contributed by atoms with Gasteiger partial charge >= 0.3 is 5.97 Å². The van der Waals surface area contributed by atoms with E-state index in [0.29, 0.717) is 0 Å². The Balaban J connectivity index is 2.26. The Morgan fingerprint density at radius 2 is 2.19 bits per heavy atom. The SMILES string of the molecule is COC(=O)/C=C1\CCc2cccc(C)c2C1. The molecule has 2 rings (SSSR count). The van der Waals surface area contributed by atoms with Gasteiger partial charge in [-0.05, 0) is 42.9 Å². The van der Waals surface area contributed by atoms with Crippen LogP contribution < -0.4 is 0 Å². The Kier molecular flexibility index (Phi) is 3.09. The van der Waals surface area contributed by atoms with Gasteiger partial charge in [0, 0.05) is 6.08 Å². The van der Waals surface area contributed by atoms with Crippen LogP contribution in [0.15, 0.2) is 29.8 Å². The van der Waals surface area contributed by atoms with Crippen molar-refractivity contribution in [2.24, 2.45) is 0 Å². The summed E-state index contributed by atoms with van der Waals surface area (Å²) in [7, 11) is 1.42. The average molecular weight is 216 g/mol. The van der Waals surface area contributed by atoms with E-state index in [1.165, 1.54) is 29.4 Å². The summed E-state index contributed by atoms with van der Waals surface area (Å²) in [6.07, 6.45) is 4.51. The van der Waals surface area contributed by atoms with Crippen molar-refractivity contribution in [2.45, 2.75) is 26.2 Å². The second-order valence-corrected chi connectivity index (χ2v) is 4.22. The van der Waals surface area contributed by atoms with E-state index in [1.807, 2.05) is 0 Å². The average Bonchev–Trinajstić information content (AvgIpc) is 2.30. The molecule has 0 bridgehead atoms. The molecule has 2 heteroatoms. The van der Waals surface area contributed by atoms with Crippen LogP contribution in [-0.4, -0.2) is 13.1 Å². The van der Waals surface area contributed by atoms with E-state index in [-0.39, 0.29) is 5.97 Å². The molecule has 0 aliphatic heterocycles. The first kappa shape index (κ1) is 10.9. The molecule has 84 valence electrons. The lowest BCUT2D eigenvalue weighted by Crippen LogP contribution is -2.09. The number of hydrogen-bond donors (Lipinski definition) is 0. The Bertz CT molecular complexity index is 444. The van der Waals surface area contributed by atoms with E-state index in [1.54, 1.807) is 6.08 Å². The van der Waals surface area contributed by atoms with Gasteiger partial charge in [0.05, 0.1) is 7.11 Å². The van der Waals surface area contributed by atoms with Gasteiger partial charge in [-0.2, -0.15) is 0 Å². The topological polar surface area (TPSA) is 26.3 Å². The lowest BCUT2D eigenvalue weighted by Gasteiger charge is -2.20. The molecule has 0 fully saturated rings. The molecule has 16 heavy (non-hydrogen) atoms. The van der Waals surface area contributed by atoms with Crippen LogP contribution in [0.5, 0.6) is 0 Å². The van der Waals surface area contributed by atoms with Crippen molar-refractivity contribution in [3.8, 4) is 0 Å². The molecule has 0 aromatic heterocycles. The van der Waals surface area contributed by atoms with E-state index in [4.69, 9.17) is 0 Å². The zero-order chi connectivity index (χ0) is 11.5. The van der Waals surface area contributed by atoms with Gasteiger partial charge < -0.3 is 4.74 Å². The van der Waals surface area contributed by atoms with Gasteiger partial charge in [0.1, 0.15) is 0 Å². The summed E-state index contributed by atoms with van der Waals surface area (Å²) in [6.45, 7) is 2.12. The minimum Gasteiger partial charge on any atom is -0.466 e. The number of ether oxygens (including phenoxy) is 1. The number of benzene rings is 1. The standard InChI is InChI=1S/C14H16O2/c1-10-4-3-5-12-7-6-11(8-13(10)12)9-14(15)16-2/h3-5,9H,6-8H2,1-2H3/b11-9+. The fourth-order valence-electron chi connectivity index (χ4n) is 2.21. The number of hydrogen-bond acceptors (Lipinski definition) is 2. The third kappa shape index (κ3) is 2.16. The van der Waals surface area contributed by atoms with Crippen molar-refractivity contribution in [3.05, 3.63) is 46.5 Å². The highest BCUT2D eigenvalue weighted by atomic mass is 16.5. The lowest BCUT2D eigenvalue weighted by molar-refractivity contribution is -0.134. The van der Waals surface area contributed by atoms with E-state index < -0.39 is 0 Å². The first-order valence-corrected chi connectivity index (χ1v) is 5.55. The predicted molar refractivity (Wildman–Crippen MR) is 63.3 cm³/mol. The fourth-order valence-corrected chi connectivity index (χ4v) is 2.21. The molecule has 1 aromatic rings. The first-order valence-electron chi connectivity index (χ1n) is 5.55. The monoisotopic (exact) mass is 216 g/mol. The van der Waals surface area contributed by atoms with Crippen molar-refractivity contribution in [2.75, 3.05) is 7.11 Å². The number of rotatable bonds is 1. The molecule has 1 aliphatic rings. The van der Waals surface area contributed by atoms with Crippen LogP contribution >= 0.6 is 0 Å². The molecule has 0 radical (unpaired) electrons. The highest BCUT2D eigenvalue weighted by Crippen LogP contribution is 2.27. The van der Waals surface area contributed by atoms with Gasteiger partial charge in [-0.15, -0.1) is 0 Å². The molecule has 0 unspecified atom stereocenters. The summed E-state index contributed by atoms with van der Waals surface area (Å²) in [5.74, 6) is -0.243. The molecule has 0 amide bonds. The number of methoxy groups -OCH3 is 1. The third-order valence-corrected chi connectivity index (χ3v) is 3.15. The molecule has 0 spiro atoms. The Morgan fingerprint density at radius 3 is 2.94 bits per heavy atom. The fraction of sp³-hybridized carbons (Fsp3) is 0.357. The maximum atomic E-state index is 11.2. The molecule has 2 nitrogen and oxygen atoms in total. The van der Waals surface area contributed by atoms with E-state index in [9.17, 15) is 4.79 Å². The molecule has 0 saturated heterocycles. The van der Waals surface area contributed by atoms with Crippen LogP contribution in [0, 0.1) is 6.92 Å². The van der Waals surface area contributed by atoms with Crippen molar-refractivity contribution >= 4 is 5.97 Å². The van der Waals surface area contributed by atoms with Crippen molar-refractivity contribution in [1.29, 1.82) is 0 Å². The van der Waals surface area contributed by atoms with Crippen LogP contribution in [-0.2, 0) is 22.4 Å². The Morgan fingerprint density at radius 1 is 1.38 bits per heavy atom. The molecule has 1 aliphatic carbocycles. The number of carbonyl (C=O) groups is 1. The van der Waals surface area contributed by atoms with Crippen LogP contribution in [0.2, 0.25) is 0 Å². The summed E-state index contributed by atoms with van der Waals surface area (Å²) in [5, 5.41) is 0. The Hall–Kier alpha value is -1.57. The van der Waals surface area contributed by atoms with E-state index in [0.717, 1.165) is 19.3 Å². The van der Waals surface area contributed by atoms with Crippen molar-refractivity contribution in [1.82, 2.24) is 0 Å². The number of aryl methyl sites for hydroxylation is 2. The van der Waals surface area contributed by atoms with E-state index in [2.05, 4.69) is 29.9 Å². The third-order valence-electron chi connectivity index (χ3n) is 3.15. The normalized spacial score (nSPS) is 17.0. The highest BCUT2D eigenvalue weighted by Gasteiger charge is 2.15. The van der Waals surface area contributed by atoms with Crippen LogP contribution in [0.25, 0.3) is 0 Å². The molecular weight excluding hydrogens is 200 g/mol. The van der Waals surface area contributed by atoms with Crippen molar-refractivity contribution in [3.63, 3.8) is 0 Å². The quantitative estimate of drug-likeness (QED) is 0.532. The maximum Gasteiger partial charge on any atom is 0.330 e. The van der Waals surface area contributed by atoms with Crippen molar-refractivity contribution < 1.29 is 9.53 Å². The lowest BCUT2D eigenvalue weighted by atomic mass is 9.85. The summed E-state index contributed by atoms with van der Waals surface area (Å²) in [6, 6.07) is 6.40. The summed E-state index contributed by atoms with van der Waals surface area (Å²) >= 11 is 0. The van der Waals surface area contributed by atoms with Gasteiger partial charge in [-0.25, -0.2) is 4.79 Å². The van der Waals surface area contributed by atoms with Gasteiger partial charge in [-0.3, -0.25) is 0 Å². The summed E-state index contributed by atoms with van der Waals surface area (Å²) < 4.78 is 4.66. The van der Waals surface area contributed by atoms with Gasteiger partial charge in [0.2, 0.25) is 0 Å². The number of allylic oxidation sites excluding steroid dienone is 1. The number of carbonyl (C=O) groups excluding carboxylic acids is 1. The van der Waals surface area contributed by atoms with Crippen LogP contribution in [0.1, 0.15) is 23.1 Å². The zero-order valence-corrected chi connectivity index (χ0v) is 9.75. The highest BCUT2D eigenvalue weighted by molar-refractivity contribution is 5.82. The largest absolute Gasteiger partial charge is 0.466 e. The predicted octanol–water partition coefficient (Wildman–Crippen LogP) is 2.58. The molecule has 0 atom stereocenters. The molecule has 0 heterocycles. The molecular formula is C14H16O2. The smallest absolute Gasteiger partial charge is 0.330 e. The minimum absolute atomic E-state index is 0.243. The maximum absolute atomic E-state index is 11.2. The van der Waals surface area contributed by atoms with Gasteiger partial charge in [0.25, 0.3) is 0 Å². The number of fused-ring (bicyclic) bond motifs is 1. The number of esters is 1. The van der Waals surface area contributed by atoms with Crippen LogP contribution in [0.4, 0.5) is 0 Å². The van der Waals surface area contributed by atoms with Gasteiger partial charge in [-0.1, -0.05) is 23.8 Å². The second kappa shape index (κ2) is 4.52. The Labute approximate surface area is 95.9 Å². The van der Waals surface area contributed by atoms with E-state index >= 15 is 0 Å². The summed E-state index contributed by atoms with van der Waals surface area (Å²) in [5.41, 5.74) is 5.28.